The average molecular weight is 202 g/mol. The largest absolute Gasteiger partial charge is 0.487 e. The van der Waals surface area contributed by atoms with E-state index >= 15 is 0 Å². The van der Waals surface area contributed by atoms with E-state index in [0.717, 1.165) is 26.1 Å². The highest BCUT2D eigenvalue weighted by Crippen LogP contribution is 2.29. The van der Waals surface area contributed by atoms with Crippen LogP contribution in [0.2, 0.25) is 0 Å². The lowest BCUT2D eigenvalue weighted by Gasteiger charge is -2.15. The van der Waals surface area contributed by atoms with E-state index in [1.807, 2.05) is 6.92 Å². The average Bonchev–Trinajstić information content (AvgIpc) is 2.41. The van der Waals surface area contributed by atoms with Crippen molar-refractivity contribution >= 4 is 17.3 Å². The first-order chi connectivity index (χ1) is 6.03. The molecule has 0 amide bonds. The van der Waals surface area contributed by atoms with Gasteiger partial charge in [-0.1, -0.05) is 6.92 Å². The first kappa shape index (κ1) is 10.9. The molecule has 2 nitrogen and oxygen atoms in total. The molecular formula is C10H18O2S. The Bertz CT molecular complexity index is 189. The van der Waals surface area contributed by atoms with Gasteiger partial charge >= 0.3 is 0 Å². The smallest absolute Gasteiger partial charge is 0.159 e. The van der Waals surface area contributed by atoms with Crippen molar-refractivity contribution in [1.82, 2.24) is 0 Å². The van der Waals surface area contributed by atoms with E-state index in [4.69, 9.17) is 21.7 Å². The van der Waals surface area contributed by atoms with Gasteiger partial charge < -0.3 is 9.47 Å². The Morgan fingerprint density at radius 1 is 1.62 bits per heavy atom. The molecule has 0 aromatic rings. The van der Waals surface area contributed by atoms with E-state index in [2.05, 4.69) is 13.8 Å². The van der Waals surface area contributed by atoms with Crippen LogP contribution in [0.15, 0.2) is 0 Å². The summed E-state index contributed by atoms with van der Waals surface area (Å²) in [7, 11) is 0. The normalized spacial score (nSPS) is 25.9. The molecule has 13 heavy (non-hydrogen) atoms. The van der Waals surface area contributed by atoms with Crippen molar-refractivity contribution < 1.29 is 9.47 Å². The van der Waals surface area contributed by atoms with Crippen LogP contribution in [0.3, 0.4) is 0 Å². The molecule has 1 aliphatic heterocycles. The molecule has 0 bridgehead atoms. The topological polar surface area (TPSA) is 18.5 Å². The molecule has 0 spiro atoms. The van der Waals surface area contributed by atoms with E-state index in [-0.39, 0.29) is 5.60 Å². The highest BCUT2D eigenvalue weighted by molar-refractivity contribution is 7.80. The summed E-state index contributed by atoms with van der Waals surface area (Å²) in [4.78, 5) is 0. The fraction of sp³-hybridized carbons (Fsp3) is 0.900. The number of hydrogen-bond donors (Lipinski definition) is 0. The summed E-state index contributed by atoms with van der Waals surface area (Å²) >= 11 is 4.98. The second kappa shape index (κ2) is 4.38. The first-order valence-corrected chi connectivity index (χ1v) is 5.24. The van der Waals surface area contributed by atoms with Gasteiger partial charge in [-0.3, -0.25) is 0 Å². The Morgan fingerprint density at radius 3 is 2.77 bits per heavy atom. The summed E-state index contributed by atoms with van der Waals surface area (Å²) < 4.78 is 11.0. The van der Waals surface area contributed by atoms with E-state index < -0.39 is 0 Å². The van der Waals surface area contributed by atoms with Gasteiger partial charge in [0.25, 0.3) is 0 Å². The molecule has 1 fully saturated rings. The zero-order valence-corrected chi connectivity index (χ0v) is 9.45. The second-order valence-corrected chi connectivity index (χ2v) is 4.63. The third kappa shape index (κ3) is 3.61. The van der Waals surface area contributed by atoms with Gasteiger partial charge in [-0.15, -0.1) is 0 Å². The molecule has 0 aromatic carbocycles. The number of rotatable bonds is 3. The quantitative estimate of drug-likeness (QED) is 0.655. The van der Waals surface area contributed by atoms with Gasteiger partial charge in [-0.05, 0) is 32.5 Å². The van der Waals surface area contributed by atoms with Crippen LogP contribution in [0, 0.1) is 5.92 Å². The Labute approximate surface area is 85.6 Å². The van der Waals surface area contributed by atoms with E-state index in [9.17, 15) is 0 Å². The molecule has 0 aliphatic carbocycles. The van der Waals surface area contributed by atoms with Crippen LogP contribution < -0.4 is 0 Å². The van der Waals surface area contributed by atoms with Crippen LogP contribution in [0.25, 0.3) is 0 Å². The van der Waals surface area contributed by atoms with Crippen molar-refractivity contribution in [3.05, 3.63) is 0 Å². The van der Waals surface area contributed by atoms with Gasteiger partial charge in [-0.25, -0.2) is 0 Å². The summed E-state index contributed by atoms with van der Waals surface area (Å²) in [6, 6.07) is 0. The maximum atomic E-state index is 5.60. The lowest BCUT2D eigenvalue weighted by atomic mass is 9.99. The van der Waals surface area contributed by atoms with E-state index in [0.29, 0.717) is 11.0 Å². The SMILES string of the molecule is CCC(=S)OCC1COC(C)(C)C1. The molecule has 76 valence electrons. The molecule has 0 aromatic heterocycles. The third-order valence-corrected chi connectivity index (χ3v) is 2.67. The predicted molar refractivity (Wildman–Crippen MR) is 57.0 cm³/mol. The highest BCUT2D eigenvalue weighted by Gasteiger charge is 2.32. The van der Waals surface area contributed by atoms with Crippen molar-refractivity contribution in [2.45, 2.75) is 39.2 Å². The van der Waals surface area contributed by atoms with Crippen LogP contribution in [0.4, 0.5) is 0 Å². The van der Waals surface area contributed by atoms with Gasteiger partial charge in [-0.2, -0.15) is 0 Å². The van der Waals surface area contributed by atoms with Crippen molar-refractivity contribution in [2.75, 3.05) is 13.2 Å². The zero-order chi connectivity index (χ0) is 9.90. The molecule has 1 heterocycles. The van der Waals surface area contributed by atoms with Crippen LogP contribution in [0.1, 0.15) is 33.6 Å². The Kier molecular flexibility index (Phi) is 3.68. The van der Waals surface area contributed by atoms with Crippen LogP contribution >= 0.6 is 12.2 Å². The van der Waals surface area contributed by atoms with E-state index in [1.165, 1.54) is 0 Å². The van der Waals surface area contributed by atoms with Crippen molar-refractivity contribution in [3.63, 3.8) is 0 Å². The van der Waals surface area contributed by atoms with Crippen molar-refractivity contribution in [3.8, 4) is 0 Å². The van der Waals surface area contributed by atoms with Crippen molar-refractivity contribution in [2.24, 2.45) is 5.92 Å². The molecule has 1 atom stereocenters. The molecule has 1 rings (SSSR count). The van der Waals surface area contributed by atoms with Gasteiger partial charge in [0.2, 0.25) is 0 Å². The number of thiocarbonyl (C=S) groups is 1. The molecule has 1 aliphatic rings. The predicted octanol–water partition coefficient (Wildman–Crippen LogP) is 2.56. The second-order valence-electron chi connectivity index (χ2n) is 4.18. The summed E-state index contributed by atoms with van der Waals surface area (Å²) in [6.07, 6.45) is 1.89. The maximum absolute atomic E-state index is 5.60. The van der Waals surface area contributed by atoms with Gasteiger partial charge in [0.05, 0.1) is 18.8 Å². The third-order valence-electron chi connectivity index (χ3n) is 2.26. The summed E-state index contributed by atoms with van der Waals surface area (Å²) in [6.45, 7) is 7.77. The minimum absolute atomic E-state index is 0.0296. The molecule has 3 heteroatoms. The van der Waals surface area contributed by atoms with Crippen LogP contribution in [-0.2, 0) is 9.47 Å². The first-order valence-electron chi connectivity index (χ1n) is 4.83. The Hall–Kier alpha value is -0.150. The van der Waals surface area contributed by atoms with Gasteiger partial charge in [0.15, 0.2) is 5.05 Å². The van der Waals surface area contributed by atoms with E-state index in [1.54, 1.807) is 0 Å². The highest BCUT2D eigenvalue weighted by atomic mass is 32.1. The molecule has 0 radical (unpaired) electrons. The molecular weight excluding hydrogens is 184 g/mol. The maximum Gasteiger partial charge on any atom is 0.159 e. The fourth-order valence-electron chi connectivity index (χ4n) is 1.58. The number of hydrogen-bond acceptors (Lipinski definition) is 3. The van der Waals surface area contributed by atoms with Crippen LogP contribution in [-0.4, -0.2) is 23.9 Å². The fourth-order valence-corrected chi connectivity index (χ4v) is 1.64. The zero-order valence-electron chi connectivity index (χ0n) is 8.63. The van der Waals surface area contributed by atoms with Crippen LogP contribution in [0.5, 0.6) is 0 Å². The lowest BCUT2D eigenvalue weighted by molar-refractivity contribution is 0.0340. The van der Waals surface area contributed by atoms with Crippen molar-refractivity contribution in [1.29, 1.82) is 0 Å². The summed E-state index contributed by atoms with van der Waals surface area (Å²) in [5.41, 5.74) is 0.0296. The summed E-state index contributed by atoms with van der Waals surface area (Å²) in [5, 5.41) is 0.713. The monoisotopic (exact) mass is 202 g/mol. The Balaban J connectivity index is 2.21. The number of ether oxygens (including phenoxy) is 2. The Morgan fingerprint density at radius 2 is 2.31 bits per heavy atom. The van der Waals surface area contributed by atoms with Gasteiger partial charge in [0, 0.05) is 12.3 Å². The standard InChI is InChI=1S/C10H18O2S/c1-4-9(13)11-6-8-5-10(2,3)12-7-8/h8H,4-7H2,1-3H3. The minimum Gasteiger partial charge on any atom is -0.487 e. The van der Waals surface area contributed by atoms with Gasteiger partial charge in [0.1, 0.15) is 0 Å². The molecule has 1 unspecified atom stereocenters. The molecule has 0 N–H and O–H groups in total. The molecule has 0 saturated carbocycles. The summed E-state index contributed by atoms with van der Waals surface area (Å²) in [5.74, 6) is 0.513. The molecule has 1 saturated heterocycles. The minimum atomic E-state index is 0.0296. The lowest BCUT2D eigenvalue weighted by Crippen LogP contribution is -2.18.